The zero-order chi connectivity index (χ0) is 48.4. The molecule has 13 N–H and O–H groups in total. The molecule has 18 heteroatoms. The Morgan fingerprint density at radius 2 is 1.23 bits per heavy atom. The summed E-state index contributed by atoms with van der Waals surface area (Å²) in [5, 5.41) is 118. The molecule has 0 radical (unpaired) electrons. The normalized spacial score (nSPS) is 45.0. The number of aliphatic carboxylic acids is 1. The Balaban J connectivity index is 1.86. The molecule has 3 heterocycles. The van der Waals surface area contributed by atoms with Crippen LogP contribution in [-0.2, 0) is 28.5 Å². The van der Waals surface area contributed by atoms with E-state index in [-0.39, 0.29) is 31.6 Å². The highest BCUT2D eigenvalue weighted by atomic mass is 16.7. The number of aliphatic hydroxyl groups excluding tert-OH is 9. The van der Waals surface area contributed by atoms with Crippen molar-refractivity contribution in [3.8, 4) is 0 Å². The molecule has 19 atom stereocenters. The molecule has 368 valence electrons. The molecule has 0 aromatic carbocycles. The van der Waals surface area contributed by atoms with Gasteiger partial charge in [-0.2, -0.15) is 0 Å². The van der Waals surface area contributed by atoms with Crippen molar-refractivity contribution in [1.82, 2.24) is 0 Å². The summed E-state index contributed by atoms with van der Waals surface area (Å²) in [5.74, 6) is -6.83. The smallest absolute Gasteiger partial charge is 0.311 e. The van der Waals surface area contributed by atoms with E-state index < -0.39 is 147 Å². The quantitative estimate of drug-likeness (QED) is 0.174. The van der Waals surface area contributed by atoms with E-state index in [0.717, 1.165) is 0 Å². The van der Waals surface area contributed by atoms with E-state index in [1.165, 1.54) is 13.0 Å². The third kappa shape index (κ3) is 18.6. The number of hydrogen-bond acceptors (Lipinski definition) is 17. The maximum absolute atomic E-state index is 12.6. The molecule has 65 heavy (non-hydrogen) atoms. The van der Waals surface area contributed by atoms with E-state index in [2.05, 4.69) is 0 Å². The number of ether oxygens (including phenoxy) is 4. The minimum atomic E-state index is -2.33. The van der Waals surface area contributed by atoms with Gasteiger partial charge in [-0.05, 0) is 33.1 Å². The molecular weight excluding hydrogens is 851 g/mol. The number of carboxylic acid groups (broad SMARTS) is 1. The van der Waals surface area contributed by atoms with Crippen LogP contribution in [0.15, 0.2) is 85.1 Å². The van der Waals surface area contributed by atoms with Crippen molar-refractivity contribution in [3.63, 3.8) is 0 Å². The van der Waals surface area contributed by atoms with Crippen LogP contribution in [0.1, 0.15) is 79.1 Å². The van der Waals surface area contributed by atoms with Crippen molar-refractivity contribution >= 4 is 11.9 Å². The lowest BCUT2D eigenvalue weighted by Gasteiger charge is -2.45. The molecule has 3 aliphatic heterocycles. The fourth-order valence-corrected chi connectivity index (χ4v) is 7.97. The first-order chi connectivity index (χ1) is 30.6. The Hall–Kier alpha value is -3.44. The topological polar surface area (TPSA) is 320 Å². The average Bonchev–Trinajstić information content (AvgIpc) is 3.21. The Morgan fingerprint density at radius 1 is 0.662 bits per heavy atom. The molecule has 11 unspecified atom stereocenters. The average molecular weight is 924 g/mol. The van der Waals surface area contributed by atoms with E-state index in [4.69, 9.17) is 24.7 Å². The standard InChI is InChI=1S/C47H73NO17/c1-27-17-15-13-11-9-7-5-6-8-10-12-14-16-18-34(64-46-44(58)41(48)43(57)30(4)63-46)24-38-40(45(59)60)37(54)26-47(61,65-38)25-33(51)22-36(53)35(52)20-19-31(49)21-32(50)23-39(55)62-29(3)28(2)42(27)56/h5-18,27-38,40-44,46,49-54,56-58,61H,19-26,48H2,1-4H3,(H,59,60)/b6-5+,9-7+,10-8+,13-11-,14-12+,17-15+,18-16?/t27-,28-,29-,30?,31?,32?,33?,34-,35?,36?,37-,38?,40?,41+,42+,43?,44?,46?,47+/m0/s1. The van der Waals surface area contributed by atoms with E-state index in [9.17, 15) is 65.8 Å². The molecule has 3 aliphatic rings. The van der Waals surface area contributed by atoms with Crippen LogP contribution in [0.25, 0.3) is 0 Å². The van der Waals surface area contributed by atoms with Crippen molar-refractivity contribution in [3.05, 3.63) is 85.1 Å². The Bertz CT molecular complexity index is 1670. The second-order valence-corrected chi connectivity index (χ2v) is 17.6. The largest absolute Gasteiger partial charge is 0.481 e. The van der Waals surface area contributed by atoms with Gasteiger partial charge in [0.1, 0.15) is 18.1 Å². The van der Waals surface area contributed by atoms with Crippen LogP contribution in [0.2, 0.25) is 0 Å². The van der Waals surface area contributed by atoms with Crippen LogP contribution in [0.5, 0.6) is 0 Å². The van der Waals surface area contributed by atoms with Crippen LogP contribution in [0.3, 0.4) is 0 Å². The van der Waals surface area contributed by atoms with Gasteiger partial charge >= 0.3 is 11.9 Å². The maximum Gasteiger partial charge on any atom is 0.311 e. The van der Waals surface area contributed by atoms with Crippen LogP contribution in [0, 0.1) is 17.8 Å². The van der Waals surface area contributed by atoms with Gasteiger partial charge in [-0.3, -0.25) is 9.59 Å². The molecule has 3 rings (SSSR count). The highest BCUT2D eigenvalue weighted by molar-refractivity contribution is 5.71. The van der Waals surface area contributed by atoms with Gasteiger partial charge < -0.3 is 80.9 Å². The zero-order valence-electron chi connectivity index (χ0n) is 37.6. The molecule has 2 fully saturated rings. The highest BCUT2D eigenvalue weighted by Gasteiger charge is 2.51. The Morgan fingerprint density at radius 3 is 1.82 bits per heavy atom. The summed E-state index contributed by atoms with van der Waals surface area (Å²) in [5.41, 5.74) is 6.02. The van der Waals surface area contributed by atoms with Crippen LogP contribution in [-0.4, -0.2) is 166 Å². The number of cyclic esters (lactones) is 1. The molecule has 0 spiro atoms. The molecule has 0 amide bonds. The Labute approximate surface area is 381 Å². The van der Waals surface area contributed by atoms with Crippen LogP contribution < -0.4 is 5.73 Å². The number of aliphatic hydroxyl groups is 10. The van der Waals surface area contributed by atoms with Gasteiger partial charge in [0.25, 0.3) is 0 Å². The second-order valence-electron chi connectivity index (χ2n) is 17.6. The number of carboxylic acids is 1. The third-order valence-corrected chi connectivity index (χ3v) is 12.0. The molecule has 0 aromatic heterocycles. The van der Waals surface area contributed by atoms with Gasteiger partial charge in [0.05, 0.1) is 79.6 Å². The van der Waals surface area contributed by atoms with Gasteiger partial charge in [-0.1, -0.05) is 98.9 Å². The third-order valence-electron chi connectivity index (χ3n) is 12.0. The van der Waals surface area contributed by atoms with Gasteiger partial charge in [-0.25, -0.2) is 0 Å². The van der Waals surface area contributed by atoms with Crippen molar-refractivity contribution in [2.45, 2.75) is 177 Å². The number of carbonyl (C=O) groups excluding carboxylic acids is 1. The molecule has 0 saturated carbocycles. The van der Waals surface area contributed by atoms with Gasteiger partial charge in [-0.15, -0.1) is 0 Å². The first-order valence-corrected chi connectivity index (χ1v) is 22.3. The molecule has 18 nitrogen and oxygen atoms in total. The number of carbonyl (C=O) groups is 2. The Kier molecular flexibility index (Phi) is 23.6. The number of rotatable bonds is 3. The summed E-state index contributed by atoms with van der Waals surface area (Å²) >= 11 is 0. The van der Waals surface area contributed by atoms with Gasteiger partial charge in [0.15, 0.2) is 12.1 Å². The predicted octanol–water partition coefficient (Wildman–Crippen LogP) is 0.712. The lowest BCUT2D eigenvalue weighted by Crippen LogP contribution is -2.61. The van der Waals surface area contributed by atoms with Crippen LogP contribution >= 0.6 is 0 Å². The van der Waals surface area contributed by atoms with Crippen molar-refractivity contribution < 1.29 is 84.7 Å². The number of fused-ring (bicyclic) bond motifs is 2. The second kappa shape index (κ2) is 27.4. The minimum absolute atomic E-state index is 0.107. The summed E-state index contributed by atoms with van der Waals surface area (Å²) < 4.78 is 23.1. The monoisotopic (exact) mass is 923 g/mol. The summed E-state index contributed by atoms with van der Waals surface area (Å²) in [7, 11) is 0. The number of nitrogens with two attached hydrogens (primary N) is 1. The highest BCUT2D eigenvalue weighted by Crippen LogP contribution is 2.38. The molecule has 0 aromatic rings. The molecule has 2 saturated heterocycles. The van der Waals surface area contributed by atoms with Crippen molar-refractivity contribution in [2.75, 3.05) is 0 Å². The summed E-state index contributed by atoms with van der Waals surface area (Å²) in [4.78, 5) is 25.1. The first kappa shape index (κ1) is 55.9. The number of allylic oxidation sites excluding steroid dienone is 12. The van der Waals surface area contributed by atoms with E-state index in [1.54, 1.807) is 80.7 Å². The molecule has 2 bridgehead atoms. The van der Waals surface area contributed by atoms with Crippen molar-refractivity contribution in [1.29, 1.82) is 0 Å². The number of esters is 1. The summed E-state index contributed by atoms with van der Waals surface area (Å²) in [6.07, 6.45) is 3.46. The molecular formula is C47H73NO17. The van der Waals surface area contributed by atoms with Gasteiger partial charge in [0, 0.05) is 37.5 Å². The lowest BCUT2D eigenvalue weighted by molar-refractivity contribution is -0.308. The van der Waals surface area contributed by atoms with E-state index in [1.807, 2.05) is 19.1 Å². The maximum atomic E-state index is 12.6. The minimum Gasteiger partial charge on any atom is -0.481 e. The fourth-order valence-electron chi connectivity index (χ4n) is 7.97. The fraction of sp³-hybridized carbons (Fsp3) is 0.660. The summed E-state index contributed by atoms with van der Waals surface area (Å²) in [6.45, 7) is 6.74. The van der Waals surface area contributed by atoms with Crippen molar-refractivity contribution in [2.24, 2.45) is 23.5 Å². The lowest BCUT2D eigenvalue weighted by atomic mass is 9.82. The zero-order valence-corrected chi connectivity index (χ0v) is 37.6. The number of hydrogen-bond donors (Lipinski definition) is 12. The van der Waals surface area contributed by atoms with E-state index in [0.29, 0.717) is 0 Å². The summed E-state index contributed by atoms with van der Waals surface area (Å²) in [6, 6.07) is -1.15. The SMILES string of the molecule is CC1OC(O[C@H]2C=C/C=C/C=C/C=C/C=C/C=C\C=C\[C@H](C)[C@@H](O)[C@@H](C)[C@H](C)OC(=O)CC(O)CC(O)CCC(O)C(O)CC(O)C[C@]3(O)C[C@H](O)C(C(=O)O)C(C2)O3)C(O)[C@H](N)C1O. The molecule has 0 aliphatic carbocycles. The predicted molar refractivity (Wildman–Crippen MR) is 237 cm³/mol. The van der Waals surface area contributed by atoms with Gasteiger partial charge in [0.2, 0.25) is 0 Å². The first-order valence-electron chi connectivity index (χ1n) is 22.3. The van der Waals surface area contributed by atoms with E-state index >= 15 is 0 Å². The van der Waals surface area contributed by atoms with Crippen LogP contribution in [0.4, 0.5) is 0 Å².